The van der Waals surface area contributed by atoms with Crippen LogP contribution >= 0.6 is 0 Å². The minimum absolute atomic E-state index is 0.0281. The molecule has 0 rings (SSSR count). The number of rotatable bonds is 26. The topological polar surface area (TPSA) is 187 Å². The van der Waals surface area contributed by atoms with Gasteiger partial charge in [0, 0.05) is 32.1 Å². The van der Waals surface area contributed by atoms with Gasteiger partial charge in [0.2, 0.25) is 11.8 Å². The van der Waals surface area contributed by atoms with Crippen molar-refractivity contribution in [3.8, 4) is 0 Å². The molecule has 5 N–H and O–H groups in total. The lowest BCUT2D eigenvalue weighted by molar-refractivity contribution is -0.143. The van der Waals surface area contributed by atoms with E-state index in [4.69, 9.17) is 5.11 Å². The summed E-state index contributed by atoms with van der Waals surface area (Å²) in [6, 6.07) is -2.47. The second kappa shape index (κ2) is 23.0. The molecule has 0 bridgehead atoms. The third kappa shape index (κ3) is 21.6. The number of nitrogens with one attached hydrogen (secondary N) is 2. The fraction of sp³-hybridized carbons (Fsp3) is 0.786. The van der Waals surface area contributed by atoms with Gasteiger partial charge in [0.15, 0.2) is 0 Å². The molecule has 0 aliphatic heterocycles. The van der Waals surface area contributed by atoms with Crippen LogP contribution < -0.4 is 10.6 Å². The molecule has 11 nitrogen and oxygen atoms in total. The second-order valence-corrected chi connectivity index (χ2v) is 10.0. The average Bonchev–Trinajstić information content (AvgIpc) is 2.88. The highest BCUT2D eigenvalue weighted by molar-refractivity contribution is 5.86. The first-order valence-electron chi connectivity index (χ1n) is 14.3. The Bertz CT molecular complexity index is 770. The summed E-state index contributed by atoms with van der Waals surface area (Å²) in [6.07, 6.45) is 12.4. The maximum absolute atomic E-state index is 12.2. The maximum Gasteiger partial charge on any atom is 0.326 e. The van der Waals surface area contributed by atoms with Gasteiger partial charge in [-0.1, -0.05) is 71.1 Å². The van der Waals surface area contributed by atoms with Gasteiger partial charge in [0.25, 0.3) is 0 Å². The van der Waals surface area contributed by atoms with Crippen LogP contribution in [-0.2, 0) is 28.8 Å². The summed E-state index contributed by atoms with van der Waals surface area (Å²) >= 11 is 0. The van der Waals surface area contributed by atoms with Gasteiger partial charge in [0.1, 0.15) is 17.9 Å². The van der Waals surface area contributed by atoms with Crippen LogP contribution in [0, 0.1) is 0 Å². The van der Waals surface area contributed by atoms with Crippen molar-refractivity contribution in [2.24, 2.45) is 0 Å². The van der Waals surface area contributed by atoms with Crippen molar-refractivity contribution in [1.29, 1.82) is 0 Å². The predicted molar refractivity (Wildman–Crippen MR) is 145 cm³/mol. The number of hydrogen-bond donors (Lipinski definition) is 5. The van der Waals surface area contributed by atoms with E-state index in [-0.39, 0.29) is 50.7 Å². The van der Waals surface area contributed by atoms with Crippen molar-refractivity contribution in [1.82, 2.24) is 10.6 Å². The standard InChI is InChI=1S/C28H48N2O9/c1-2-21(31)17-18-22(27(36)37)30-25(33)20-19-23(28(38)39)29-24(32)15-13-11-9-7-5-3-4-6-8-10-12-14-16-26(34)35/h22-23H,2-20H2,1H3,(H,29,32)(H,30,33)(H,34,35)(H,36,37)(H,38,39)/t22-,23-/m0/s1. The van der Waals surface area contributed by atoms with Crippen molar-refractivity contribution in [3.63, 3.8) is 0 Å². The molecular weight excluding hydrogens is 508 g/mol. The number of unbranched alkanes of at least 4 members (excludes halogenated alkanes) is 11. The van der Waals surface area contributed by atoms with E-state index in [1.807, 2.05) is 0 Å². The zero-order valence-electron chi connectivity index (χ0n) is 23.4. The largest absolute Gasteiger partial charge is 0.481 e. The molecule has 0 saturated carbocycles. The van der Waals surface area contributed by atoms with Gasteiger partial charge in [-0.05, 0) is 25.7 Å². The predicted octanol–water partition coefficient (Wildman–Crippen LogP) is 4.21. The Hall–Kier alpha value is -2.98. The van der Waals surface area contributed by atoms with Gasteiger partial charge in [-0.15, -0.1) is 0 Å². The highest BCUT2D eigenvalue weighted by atomic mass is 16.4. The second-order valence-electron chi connectivity index (χ2n) is 10.0. The molecule has 0 fully saturated rings. The first-order valence-corrected chi connectivity index (χ1v) is 14.3. The van der Waals surface area contributed by atoms with E-state index in [1.54, 1.807) is 6.92 Å². The van der Waals surface area contributed by atoms with Crippen LogP contribution in [0.15, 0.2) is 0 Å². The molecule has 0 aromatic rings. The molecule has 2 atom stereocenters. The Balaban J connectivity index is 3.99. The molecule has 11 heteroatoms. The number of Topliss-reactive ketones (excluding diaryl/α,β-unsaturated/α-hetero) is 1. The Morgan fingerprint density at radius 2 is 0.872 bits per heavy atom. The van der Waals surface area contributed by atoms with Gasteiger partial charge in [0.05, 0.1) is 0 Å². The molecule has 224 valence electrons. The van der Waals surface area contributed by atoms with E-state index < -0.39 is 41.8 Å². The highest BCUT2D eigenvalue weighted by Crippen LogP contribution is 2.13. The van der Waals surface area contributed by atoms with Crippen molar-refractivity contribution < 1.29 is 44.1 Å². The number of aliphatic carboxylic acids is 3. The van der Waals surface area contributed by atoms with Gasteiger partial charge in [-0.2, -0.15) is 0 Å². The van der Waals surface area contributed by atoms with Crippen LogP contribution in [0.1, 0.15) is 129 Å². The van der Waals surface area contributed by atoms with E-state index in [0.717, 1.165) is 57.8 Å². The number of amides is 2. The molecule has 0 aromatic carbocycles. The van der Waals surface area contributed by atoms with E-state index >= 15 is 0 Å². The lowest BCUT2D eigenvalue weighted by Gasteiger charge is -2.17. The molecular formula is C28H48N2O9. The van der Waals surface area contributed by atoms with Gasteiger partial charge in [-0.3, -0.25) is 19.2 Å². The molecule has 2 amide bonds. The third-order valence-corrected chi connectivity index (χ3v) is 6.58. The zero-order valence-corrected chi connectivity index (χ0v) is 23.4. The maximum atomic E-state index is 12.2. The van der Waals surface area contributed by atoms with Gasteiger partial charge in [-0.25, -0.2) is 9.59 Å². The number of carboxylic acids is 3. The summed E-state index contributed by atoms with van der Waals surface area (Å²) in [5.74, 6) is -4.42. The number of carbonyl (C=O) groups excluding carboxylic acids is 3. The molecule has 0 saturated heterocycles. The number of carboxylic acid groups (broad SMARTS) is 3. The lowest BCUT2D eigenvalue weighted by Crippen LogP contribution is -2.44. The minimum Gasteiger partial charge on any atom is -0.481 e. The van der Waals surface area contributed by atoms with E-state index in [0.29, 0.717) is 6.42 Å². The van der Waals surface area contributed by atoms with Crippen molar-refractivity contribution in [2.75, 3.05) is 0 Å². The van der Waals surface area contributed by atoms with Crippen molar-refractivity contribution >= 4 is 35.5 Å². The molecule has 0 spiro atoms. The highest BCUT2D eigenvalue weighted by Gasteiger charge is 2.24. The average molecular weight is 557 g/mol. The minimum atomic E-state index is -1.27. The Labute approximate surface area is 231 Å². The fourth-order valence-corrected chi connectivity index (χ4v) is 4.13. The first kappa shape index (κ1) is 36.0. The molecule has 0 aliphatic carbocycles. The van der Waals surface area contributed by atoms with Crippen molar-refractivity contribution in [2.45, 2.75) is 141 Å². The van der Waals surface area contributed by atoms with Crippen LogP contribution in [0.25, 0.3) is 0 Å². The van der Waals surface area contributed by atoms with Gasteiger partial charge >= 0.3 is 17.9 Å². The van der Waals surface area contributed by atoms with Crippen LogP contribution in [0.2, 0.25) is 0 Å². The van der Waals surface area contributed by atoms with Crippen LogP contribution in [0.5, 0.6) is 0 Å². The van der Waals surface area contributed by atoms with E-state index in [1.165, 1.54) is 12.8 Å². The monoisotopic (exact) mass is 556 g/mol. The Kier molecular flexibility index (Phi) is 21.2. The van der Waals surface area contributed by atoms with Crippen LogP contribution in [0.3, 0.4) is 0 Å². The lowest BCUT2D eigenvalue weighted by atomic mass is 10.0. The Morgan fingerprint density at radius 1 is 0.513 bits per heavy atom. The molecule has 39 heavy (non-hydrogen) atoms. The summed E-state index contributed by atoms with van der Waals surface area (Å²) in [5, 5.41) is 32.0. The van der Waals surface area contributed by atoms with E-state index in [9.17, 15) is 39.0 Å². The molecule has 0 aliphatic rings. The van der Waals surface area contributed by atoms with E-state index in [2.05, 4.69) is 10.6 Å². The van der Waals surface area contributed by atoms with Crippen molar-refractivity contribution in [3.05, 3.63) is 0 Å². The van der Waals surface area contributed by atoms with Crippen LogP contribution in [-0.4, -0.2) is 62.9 Å². The third-order valence-electron chi connectivity index (χ3n) is 6.58. The zero-order chi connectivity index (χ0) is 29.5. The van der Waals surface area contributed by atoms with Gasteiger partial charge < -0.3 is 26.0 Å². The number of hydrogen-bond acceptors (Lipinski definition) is 6. The van der Waals surface area contributed by atoms with Crippen LogP contribution in [0.4, 0.5) is 0 Å². The summed E-state index contributed by atoms with van der Waals surface area (Å²) in [6.45, 7) is 1.67. The molecule has 0 aromatic heterocycles. The smallest absolute Gasteiger partial charge is 0.326 e. The quantitative estimate of drug-likeness (QED) is 0.0972. The summed E-state index contributed by atoms with van der Waals surface area (Å²) in [4.78, 5) is 69.0. The molecule has 0 heterocycles. The molecule has 0 unspecified atom stereocenters. The summed E-state index contributed by atoms with van der Waals surface area (Å²) < 4.78 is 0. The summed E-state index contributed by atoms with van der Waals surface area (Å²) in [7, 11) is 0. The fourth-order valence-electron chi connectivity index (χ4n) is 4.13. The summed E-state index contributed by atoms with van der Waals surface area (Å²) in [5.41, 5.74) is 0. The normalized spacial score (nSPS) is 12.3. The number of ketones is 1. The first-order chi connectivity index (χ1) is 18.6. The Morgan fingerprint density at radius 3 is 1.26 bits per heavy atom. The molecule has 0 radical (unpaired) electrons. The number of carbonyl (C=O) groups is 6. The SMILES string of the molecule is CCC(=O)CC[C@H](NC(=O)CC[C@H](NC(=O)CCCCCCCCCCCCCCC(=O)O)C(=O)O)C(=O)O.